The lowest BCUT2D eigenvalue weighted by molar-refractivity contribution is 0.234. The Kier molecular flexibility index (Phi) is 6.03. The van der Waals surface area contributed by atoms with Crippen molar-refractivity contribution < 1.29 is 12.7 Å². The average molecular weight is 204 g/mol. The first-order valence-corrected chi connectivity index (χ1v) is 5.28. The van der Waals surface area contributed by atoms with E-state index in [0.717, 1.165) is 6.26 Å². The van der Waals surface area contributed by atoms with Crippen LogP contribution >= 0.6 is 0 Å². The summed E-state index contributed by atoms with van der Waals surface area (Å²) in [7, 11) is -1.91. The van der Waals surface area contributed by atoms with Gasteiger partial charge in [-0.25, -0.2) is 0 Å². The van der Waals surface area contributed by atoms with Gasteiger partial charge < -0.3 is 0 Å². The molecular formula is C7H12N2O3S. The Labute approximate surface area is 77.8 Å². The molecule has 74 valence electrons. The standard InChI is InChI=1S/C5H5N.C2H7NO3S/c1-2-4-6-5-3-1;1-3-6-7(2,4)5/h1-5H;3H,1-2H3. The summed E-state index contributed by atoms with van der Waals surface area (Å²) in [6, 6.07) is 5.72. The summed E-state index contributed by atoms with van der Waals surface area (Å²) in [4.78, 5) is 3.78. The third-order valence-electron chi connectivity index (χ3n) is 0.801. The van der Waals surface area contributed by atoms with Crippen molar-refractivity contribution in [1.29, 1.82) is 0 Å². The van der Waals surface area contributed by atoms with Gasteiger partial charge in [0.1, 0.15) is 0 Å². The van der Waals surface area contributed by atoms with E-state index in [1.165, 1.54) is 7.05 Å². The molecule has 6 heteroatoms. The molecule has 0 radical (unpaired) electrons. The Balaban J connectivity index is 0.000000223. The predicted octanol–water partition coefficient (Wildman–Crippen LogP) is 0.179. The van der Waals surface area contributed by atoms with Crippen LogP contribution in [0.4, 0.5) is 0 Å². The number of rotatable bonds is 2. The molecule has 0 atom stereocenters. The van der Waals surface area contributed by atoms with E-state index in [1.54, 1.807) is 12.4 Å². The van der Waals surface area contributed by atoms with E-state index >= 15 is 0 Å². The fourth-order valence-corrected chi connectivity index (χ4v) is 0.767. The summed E-state index contributed by atoms with van der Waals surface area (Å²) in [6.45, 7) is 0. The fraction of sp³-hybridized carbons (Fsp3) is 0.286. The quantitative estimate of drug-likeness (QED) is 0.696. The zero-order chi connectivity index (χ0) is 10.2. The van der Waals surface area contributed by atoms with Crippen molar-refractivity contribution in [3.8, 4) is 0 Å². The Bertz CT molecular complexity index is 272. The van der Waals surface area contributed by atoms with E-state index in [1.807, 2.05) is 23.7 Å². The van der Waals surface area contributed by atoms with Crippen molar-refractivity contribution in [3.63, 3.8) is 0 Å². The van der Waals surface area contributed by atoms with E-state index in [9.17, 15) is 8.42 Å². The molecule has 0 unspecified atom stereocenters. The molecule has 1 aromatic heterocycles. The molecule has 0 aliphatic heterocycles. The number of pyridine rings is 1. The number of hydrogen-bond donors (Lipinski definition) is 1. The topological polar surface area (TPSA) is 68.3 Å². The van der Waals surface area contributed by atoms with Gasteiger partial charge in [0.2, 0.25) is 0 Å². The largest absolute Gasteiger partial charge is 0.280 e. The lowest BCUT2D eigenvalue weighted by Gasteiger charge is -1.91. The number of hydrogen-bond acceptors (Lipinski definition) is 5. The Morgan fingerprint density at radius 1 is 1.23 bits per heavy atom. The maximum Gasteiger partial charge on any atom is 0.280 e. The maximum absolute atomic E-state index is 9.95. The number of hydroxylamine groups is 1. The highest BCUT2D eigenvalue weighted by Crippen LogP contribution is 1.76. The van der Waals surface area contributed by atoms with Gasteiger partial charge in [-0.3, -0.25) is 4.98 Å². The highest BCUT2D eigenvalue weighted by molar-refractivity contribution is 7.85. The monoisotopic (exact) mass is 204 g/mol. The van der Waals surface area contributed by atoms with Crippen LogP contribution in [0.5, 0.6) is 0 Å². The molecule has 0 saturated heterocycles. The summed E-state index contributed by atoms with van der Waals surface area (Å²) in [5.41, 5.74) is 2.02. The average Bonchev–Trinajstić information content (AvgIpc) is 2.06. The minimum atomic E-state index is -3.29. The Morgan fingerprint density at radius 3 is 1.85 bits per heavy atom. The van der Waals surface area contributed by atoms with Crippen LogP contribution < -0.4 is 5.48 Å². The zero-order valence-corrected chi connectivity index (χ0v) is 8.28. The number of aromatic nitrogens is 1. The van der Waals surface area contributed by atoms with Crippen LogP contribution in [0.25, 0.3) is 0 Å². The smallest absolute Gasteiger partial charge is 0.265 e. The molecule has 1 aromatic rings. The van der Waals surface area contributed by atoms with Crippen LogP contribution in [0.2, 0.25) is 0 Å². The third-order valence-corrected chi connectivity index (χ3v) is 1.27. The van der Waals surface area contributed by atoms with E-state index in [0.29, 0.717) is 0 Å². The molecule has 1 heterocycles. The molecule has 0 fully saturated rings. The molecule has 0 aliphatic rings. The van der Waals surface area contributed by atoms with Gasteiger partial charge >= 0.3 is 0 Å². The van der Waals surface area contributed by atoms with Gasteiger partial charge in [-0.2, -0.15) is 18.2 Å². The lowest BCUT2D eigenvalue weighted by atomic mass is 10.5. The highest BCUT2D eigenvalue weighted by atomic mass is 32.2. The van der Waals surface area contributed by atoms with Gasteiger partial charge in [0.25, 0.3) is 10.1 Å². The van der Waals surface area contributed by atoms with Crippen LogP contribution in [0.15, 0.2) is 30.6 Å². The molecule has 0 amide bonds. The van der Waals surface area contributed by atoms with E-state index in [-0.39, 0.29) is 0 Å². The summed E-state index contributed by atoms with van der Waals surface area (Å²) in [5.74, 6) is 0. The second kappa shape index (κ2) is 6.53. The minimum absolute atomic E-state index is 0.962. The van der Waals surface area contributed by atoms with E-state index < -0.39 is 10.1 Å². The summed E-state index contributed by atoms with van der Waals surface area (Å²) in [5, 5.41) is 0. The molecule has 0 saturated carbocycles. The molecule has 1 rings (SSSR count). The van der Waals surface area contributed by atoms with Crippen LogP contribution in [-0.2, 0) is 14.4 Å². The first-order valence-electron chi connectivity index (χ1n) is 3.46. The van der Waals surface area contributed by atoms with Crippen LogP contribution in [-0.4, -0.2) is 26.7 Å². The summed E-state index contributed by atoms with van der Waals surface area (Å²) < 4.78 is 23.8. The van der Waals surface area contributed by atoms with Gasteiger partial charge in [-0.1, -0.05) is 6.07 Å². The molecule has 5 nitrogen and oxygen atoms in total. The van der Waals surface area contributed by atoms with Crippen molar-refractivity contribution in [2.75, 3.05) is 13.3 Å². The van der Waals surface area contributed by atoms with Crippen molar-refractivity contribution >= 4 is 10.1 Å². The first-order chi connectivity index (χ1) is 6.06. The van der Waals surface area contributed by atoms with Gasteiger partial charge in [0.15, 0.2) is 0 Å². The van der Waals surface area contributed by atoms with Crippen molar-refractivity contribution in [1.82, 2.24) is 10.5 Å². The van der Waals surface area contributed by atoms with E-state index in [2.05, 4.69) is 9.27 Å². The second-order valence-corrected chi connectivity index (χ2v) is 3.59. The van der Waals surface area contributed by atoms with Crippen LogP contribution in [0, 0.1) is 0 Å². The second-order valence-electron chi connectivity index (χ2n) is 2.02. The third kappa shape index (κ3) is 11.0. The fourth-order valence-electron chi connectivity index (χ4n) is 0.464. The van der Waals surface area contributed by atoms with Gasteiger partial charge in [0, 0.05) is 19.4 Å². The predicted molar refractivity (Wildman–Crippen MR) is 49.2 cm³/mol. The normalized spacial score (nSPS) is 10.0. The number of nitrogens with one attached hydrogen (secondary N) is 1. The zero-order valence-electron chi connectivity index (χ0n) is 7.47. The molecule has 0 aromatic carbocycles. The summed E-state index contributed by atoms with van der Waals surface area (Å²) >= 11 is 0. The lowest BCUT2D eigenvalue weighted by Crippen LogP contribution is -2.13. The molecule has 13 heavy (non-hydrogen) atoms. The Hall–Kier alpha value is -0.980. The molecular weight excluding hydrogens is 192 g/mol. The van der Waals surface area contributed by atoms with Crippen molar-refractivity contribution in [2.24, 2.45) is 0 Å². The minimum Gasteiger partial charge on any atom is -0.265 e. The van der Waals surface area contributed by atoms with Crippen molar-refractivity contribution in [2.45, 2.75) is 0 Å². The molecule has 0 spiro atoms. The van der Waals surface area contributed by atoms with Crippen LogP contribution in [0.3, 0.4) is 0 Å². The Morgan fingerprint density at radius 2 is 1.77 bits per heavy atom. The maximum atomic E-state index is 9.95. The van der Waals surface area contributed by atoms with Gasteiger partial charge in [-0.05, 0) is 12.1 Å². The molecule has 0 bridgehead atoms. The molecule has 0 aliphatic carbocycles. The highest BCUT2D eigenvalue weighted by Gasteiger charge is 1.95. The van der Waals surface area contributed by atoms with E-state index in [4.69, 9.17) is 0 Å². The summed E-state index contributed by atoms with van der Waals surface area (Å²) in [6.07, 6.45) is 4.46. The van der Waals surface area contributed by atoms with Gasteiger partial charge in [0.05, 0.1) is 6.26 Å². The SMILES string of the molecule is CNOS(C)(=O)=O.c1ccncc1. The first kappa shape index (κ1) is 12.0. The molecule has 1 N–H and O–H groups in total. The van der Waals surface area contributed by atoms with Gasteiger partial charge in [-0.15, -0.1) is 0 Å². The number of nitrogens with zero attached hydrogens (tertiary/aromatic N) is 1. The van der Waals surface area contributed by atoms with Crippen LogP contribution in [0.1, 0.15) is 0 Å². The van der Waals surface area contributed by atoms with Crippen molar-refractivity contribution in [3.05, 3.63) is 30.6 Å².